The van der Waals surface area contributed by atoms with Crippen LogP contribution in [0.15, 0.2) is 24.3 Å². The molecular weight excluding hydrogens is 200 g/mol. The van der Waals surface area contributed by atoms with Crippen molar-refractivity contribution in [1.82, 2.24) is 0 Å². The van der Waals surface area contributed by atoms with Crippen molar-refractivity contribution in [2.75, 3.05) is 6.61 Å². The summed E-state index contributed by atoms with van der Waals surface area (Å²) in [5.41, 5.74) is 0. The van der Waals surface area contributed by atoms with Gasteiger partial charge in [-0.1, -0.05) is 24.3 Å². The summed E-state index contributed by atoms with van der Waals surface area (Å²) in [4.78, 5) is 0. The molecule has 2 nitrogen and oxygen atoms in total. The van der Waals surface area contributed by atoms with E-state index in [0.717, 1.165) is 31.6 Å². The van der Waals surface area contributed by atoms with Crippen LogP contribution in [0, 0.1) is 11.8 Å². The number of aliphatic hydroxyl groups excluding tert-OH is 1. The van der Waals surface area contributed by atoms with E-state index in [-0.39, 0.29) is 0 Å². The lowest BCUT2D eigenvalue weighted by atomic mass is 10.0. The molecule has 3 atom stereocenters. The first-order valence-corrected chi connectivity index (χ1v) is 6.46. The van der Waals surface area contributed by atoms with Crippen LogP contribution in [0.4, 0.5) is 0 Å². The highest BCUT2D eigenvalue weighted by atomic mass is 16.6. The van der Waals surface area contributed by atoms with E-state index in [1.54, 1.807) is 0 Å². The van der Waals surface area contributed by atoms with E-state index >= 15 is 0 Å². The van der Waals surface area contributed by atoms with Gasteiger partial charge in [-0.15, -0.1) is 0 Å². The Kier molecular flexibility index (Phi) is 4.61. The molecule has 1 aliphatic carbocycles. The smallest absolute Gasteiger partial charge is 0.157 e. The van der Waals surface area contributed by atoms with E-state index in [1.165, 1.54) is 12.8 Å². The summed E-state index contributed by atoms with van der Waals surface area (Å²) in [5, 5.41) is 9.88. The number of allylic oxidation sites excluding steroid dienone is 3. The zero-order valence-corrected chi connectivity index (χ0v) is 9.85. The zero-order valence-electron chi connectivity index (χ0n) is 9.85. The van der Waals surface area contributed by atoms with Crippen molar-refractivity contribution >= 4 is 0 Å². The van der Waals surface area contributed by atoms with Gasteiger partial charge >= 0.3 is 0 Å². The van der Waals surface area contributed by atoms with Gasteiger partial charge in [0, 0.05) is 5.92 Å². The Labute approximate surface area is 98.0 Å². The van der Waals surface area contributed by atoms with Crippen LogP contribution in [0.2, 0.25) is 0 Å². The molecule has 2 bridgehead atoms. The second-order valence-electron chi connectivity index (χ2n) is 4.92. The van der Waals surface area contributed by atoms with Crippen molar-refractivity contribution in [3.63, 3.8) is 0 Å². The molecule has 0 radical (unpaired) electrons. The lowest BCUT2D eigenvalue weighted by molar-refractivity contribution is -0.124. The Morgan fingerprint density at radius 1 is 1.00 bits per heavy atom. The van der Waals surface area contributed by atoms with E-state index in [1.807, 2.05) is 6.08 Å². The minimum absolute atomic E-state index is 0.354. The predicted octanol–water partition coefficient (Wildman–Crippen LogP) is 3.03. The standard InChI is InChI=1S/C14H22O2/c15-14-13-9-8-12(11-13)7-5-3-1-2-4-6-10-16-14/h3-6,12-15H,1-2,7-11H2. The minimum Gasteiger partial charge on any atom is -0.368 e. The van der Waals surface area contributed by atoms with Gasteiger partial charge in [-0.2, -0.15) is 0 Å². The quantitative estimate of drug-likeness (QED) is 0.638. The molecule has 1 fully saturated rings. The molecule has 2 rings (SSSR count). The third-order valence-corrected chi connectivity index (χ3v) is 3.65. The van der Waals surface area contributed by atoms with Gasteiger partial charge in [0.2, 0.25) is 0 Å². The van der Waals surface area contributed by atoms with Crippen LogP contribution in [0.3, 0.4) is 0 Å². The Hall–Kier alpha value is -0.600. The molecule has 1 saturated carbocycles. The first-order valence-electron chi connectivity index (χ1n) is 6.46. The molecule has 2 heteroatoms. The fourth-order valence-electron chi connectivity index (χ4n) is 2.66. The summed E-state index contributed by atoms with van der Waals surface area (Å²) in [6.07, 6.45) is 15.0. The summed E-state index contributed by atoms with van der Waals surface area (Å²) >= 11 is 0. The van der Waals surface area contributed by atoms with Crippen LogP contribution in [-0.2, 0) is 4.74 Å². The van der Waals surface area contributed by atoms with Gasteiger partial charge in [0.05, 0.1) is 6.61 Å². The molecule has 0 saturated heterocycles. The first kappa shape index (κ1) is 11.9. The summed E-state index contributed by atoms with van der Waals surface area (Å²) < 4.78 is 5.43. The predicted molar refractivity (Wildman–Crippen MR) is 64.9 cm³/mol. The number of hydrogen-bond acceptors (Lipinski definition) is 2. The molecule has 90 valence electrons. The van der Waals surface area contributed by atoms with Gasteiger partial charge < -0.3 is 9.84 Å². The third-order valence-electron chi connectivity index (χ3n) is 3.65. The van der Waals surface area contributed by atoms with Crippen molar-refractivity contribution < 1.29 is 9.84 Å². The van der Waals surface area contributed by atoms with Crippen LogP contribution in [0.5, 0.6) is 0 Å². The number of ether oxygens (including phenoxy) is 1. The summed E-state index contributed by atoms with van der Waals surface area (Å²) in [6, 6.07) is 0. The minimum atomic E-state index is -0.556. The normalized spacial score (nSPS) is 36.4. The molecular formula is C14H22O2. The van der Waals surface area contributed by atoms with E-state index in [2.05, 4.69) is 18.2 Å². The Morgan fingerprint density at radius 3 is 2.69 bits per heavy atom. The van der Waals surface area contributed by atoms with Gasteiger partial charge in [-0.3, -0.25) is 0 Å². The maximum atomic E-state index is 9.88. The third kappa shape index (κ3) is 3.46. The molecule has 0 spiro atoms. The fraction of sp³-hybridized carbons (Fsp3) is 0.714. The van der Waals surface area contributed by atoms with Gasteiger partial charge in [-0.25, -0.2) is 0 Å². The average molecular weight is 222 g/mol. The van der Waals surface area contributed by atoms with Crippen LogP contribution in [0.25, 0.3) is 0 Å². The second kappa shape index (κ2) is 6.21. The molecule has 1 N–H and O–H groups in total. The van der Waals surface area contributed by atoms with Crippen molar-refractivity contribution in [3.8, 4) is 0 Å². The highest BCUT2D eigenvalue weighted by molar-refractivity contribution is 4.91. The van der Waals surface area contributed by atoms with E-state index in [4.69, 9.17) is 4.74 Å². The largest absolute Gasteiger partial charge is 0.368 e. The monoisotopic (exact) mass is 222 g/mol. The molecule has 16 heavy (non-hydrogen) atoms. The number of rotatable bonds is 0. The number of aliphatic hydroxyl groups is 1. The lowest BCUT2D eigenvalue weighted by Gasteiger charge is -2.17. The average Bonchev–Trinajstić information content (AvgIpc) is 2.75. The summed E-state index contributed by atoms with van der Waals surface area (Å²) in [6.45, 7) is 0.548. The van der Waals surface area contributed by atoms with Crippen molar-refractivity contribution in [3.05, 3.63) is 24.3 Å². The van der Waals surface area contributed by atoms with Crippen molar-refractivity contribution in [2.45, 2.75) is 44.8 Å². The van der Waals surface area contributed by atoms with Gasteiger partial charge in [-0.05, 0) is 44.4 Å². The number of hydrogen-bond donors (Lipinski definition) is 1. The zero-order chi connectivity index (χ0) is 11.2. The maximum Gasteiger partial charge on any atom is 0.157 e. The fourth-order valence-corrected chi connectivity index (χ4v) is 2.66. The van der Waals surface area contributed by atoms with Crippen LogP contribution in [-0.4, -0.2) is 18.0 Å². The molecule has 1 heterocycles. The maximum absolute atomic E-state index is 9.88. The van der Waals surface area contributed by atoms with Gasteiger partial charge in [0.25, 0.3) is 0 Å². The van der Waals surface area contributed by atoms with Crippen molar-refractivity contribution in [2.24, 2.45) is 11.8 Å². The molecule has 0 amide bonds. The van der Waals surface area contributed by atoms with Crippen LogP contribution in [0.1, 0.15) is 38.5 Å². The Morgan fingerprint density at radius 2 is 1.81 bits per heavy atom. The Balaban J connectivity index is 1.92. The molecule has 1 aliphatic heterocycles. The highest BCUT2D eigenvalue weighted by Gasteiger charge is 2.29. The first-order chi connectivity index (χ1) is 7.86. The van der Waals surface area contributed by atoms with Gasteiger partial charge in [0.1, 0.15) is 0 Å². The second-order valence-corrected chi connectivity index (χ2v) is 4.92. The molecule has 0 aromatic rings. The summed E-state index contributed by atoms with van der Waals surface area (Å²) in [7, 11) is 0. The van der Waals surface area contributed by atoms with E-state index in [0.29, 0.717) is 12.5 Å². The van der Waals surface area contributed by atoms with Crippen LogP contribution < -0.4 is 0 Å². The lowest BCUT2D eigenvalue weighted by Crippen LogP contribution is -2.21. The van der Waals surface area contributed by atoms with E-state index < -0.39 is 6.29 Å². The summed E-state index contributed by atoms with van der Waals surface area (Å²) in [5.74, 6) is 1.11. The molecule has 3 unspecified atom stereocenters. The molecule has 0 aromatic carbocycles. The SMILES string of the molecule is OC1OCC=CCCC=CCC2CCC1C2. The van der Waals surface area contributed by atoms with Crippen LogP contribution >= 0.6 is 0 Å². The topological polar surface area (TPSA) is 29.5 Å². The Bertz CT molecular complexity index is 257. The van der Waals surface area contributed by atoms with Crippen molar-refractivity contribution in [1.29, 1.82) is 0 Å². The van der Waals surface area contributed by atoms with Gasteiger partial charge in [0.15, 0.2) is 6.29 Å². The molecule has 0 aromatic heterocycles. The molecule has 2 aliphatic rings. The number of fused-ring (bicyclic) bond motifs is 2. The van der Waals surface area contributed by atoms with E-state index in [9.17, 15) is 5.11 Å². The highest BCUT2D eigenvalue weighted by Crippen LogP contribution is 2.35.